The van der Waals surface area contributed by atoms with Crippen molar-refractivity contribution in [3.8, 4) is 0 Å². The Morgan fingerprint density at radius 2 is 2.18 bits per heavy atom. The average Bonchev–Trinajstić information content (AvgIpc) is 3.18. The van der Waals surface area contributed by atoms with Crippen LogP contribution in [-0.2, 0) is 6.42 Å². The predicted octanol–water partition coefficient (Wildman–Crippen LogP) is 2.55. The van der Waals surface area contributed by atoms with E-state index < -0.39 is 0 Å². The SMILES string of the molecule is CC(C)n1cnnc1CC1CCN(C(=O)c2ccoc2)CC1. The first-order valence-electron chi connectivity index (χ1n) is 7.85. The third kappa shape index (κ3) is 3.05. The monoisotopic (exact) mass is 302 g/mol. The van der Waals surface area contributed by atoms with Gasteiger partial charge in [-0.05, 0) is 38.7 Å². The summed E-state index contributed by atoms with van der Waals surface area (Å²) < 4.78 is 7.12. The molecule has 0 saturated carbocycles. The van der Waals surface area contributed by atoms with Gasteiger partial charge in [0.2, 0.25) is 0 Å². The molecule has 3 rings (SSSR count). The van der Waals surface area contributed by atoms with Gasteiger partial charge >= 0.3 is 0 Å². The van der Waals surface area contributed by atoms with Gasteiger partial charge in [0.25, 0.3) is 5.91 Å². The van der Waals surface area contributed by atoms with Crippen molar-refractivity contribution < 1.29 is 9.21 Å². The molecule has 118 valence electrons. The van der Waals surface area contributed by atoms with Crippen LogP contribution < -0.4 is 0 Å². The number of nitrogens with zero attached hydrogens (tertiary/aromatic N) is 4. The highest BCUT2D eigenvalue weighted by Gasteiger charge is 2.25. The topological polar surface area (TPSA) is 64.2 Å². The highest BCUT2D eigenvalue weighted by atomic mass is 16.3. The van der Waals surface area contributed by atoms with Gasteiger partial charge in [-0.25, -0.2) is 0 Å². The quantitative estimate of drug-likeness (QED) is 0.870. The van der Waals surface area contributed by atoms with Crippen LogP contribution in [0.2, 0.25) is 0 Å². The van der Waals surface area contributed by atoms with Crippen LogP contribution in [0.1, 0.15) is 48.9 Å². The molecule has 1 amide bonds. The summed E-state index contributed by atoms with van der Waals surface area (Å²) in [6.45, 7) is 5.87. The number of carbonyl (C=O) groups excluding carboxylic acids is 1. The lowest BCUT2D eigenvalue weighted by Gasteiger charge is -2.31. The van der Waals surface area contributed by atoms with Crippen molar-refractivity contribution in [2.75, 3.05) is 13.1 Å². The van der Waals surface area contributed by atoms with Crippen LogP contribution in [0.4, 0.5) is 0 Å². The lowest BCUT2D eigenvalue weighted by molar-refractivity contribution is 0.0688. The summed E-state index contributed by atoms with van der Waals surface area (Å²) >= 11 is 0. The first-order chi connectivity index (χ1) is 10.6. The van der Waals surface area contributed by atoms with Crippen molar-refractivity contribution in [3.05, 3.63) is 36.3 Å². The van der Waals surface area contributed by atoms with Gasteiger partial charge < -0.3 is 13.9 Å². The highest BCUT2D eigenvalue weighted by Crippen LogP contribution is 2.23. The van der Waals surface area contributed by atoms with Gasteiger partial charge in [0.05, 0.1) is 11.8 Å². The van der Waals surface area contributed by atoms with Crippen molar-refractivity contribution in [1.82, 2.24) is 19.7 Å². The van der Waals surface area contributed by atoms with Crippen LogP contribution in [0, 0.1) is 5.92 Å². The first-order valence-corrected chi connectivity index (χ1v) is 7.85. The zero-order chi connectivity index (χ0) is 15.5. The summed E-state index contributed by atoms with van der Waals surface area (Å²) in [6.07, 6.45) is 7.81. The van der Waals surface area contributed by atoms with Crippen molar-refractivity contribution in [3.63, 3.8) is 0 Å². The zero-order valence-corrected chi connectivity index (χ0v) is 13.1. The number of likely N-dealkylation sites (tertiary alicyclic amines) is 1. The van der Waals surface area contributed by atoms with E-state index in [1.807, 2.05) is 4.90 Å². The second-order valence-corrected chi connectivity index (χ2v) is 6.20. The minimum atomic E-state index is 0.0672. The fourth-order valence-electron chi connectivity index (χ4n) is 3.01. The Hall–Kier alpha value is -2.11. The normalized spacial score (nSPS) is 16.4. The van der Waals surface area contributed by atoms with Gasteiger partial charge in [-0.3, -0.25) is 4.79 Å². The lowest BCUT2D eigenvalue weighted by Crippen LogP contribution is -2.39. The van der Waals surface area contributed by atoms with Gasteiger partial charge in [0.1, 0.15) is 18.4 Å². The van der Waals surface area contributed by atoms with E-state index in [1.54, 1.807) is 18.7 Å². The molecule has 0 spiro atoms. The molecule has 0 unspecified atom stereocenters. The Kier molecular flexibility index (Phi) is 4.27. The average molecular weight is 302 g/mol. The lowest BCUT2D eigenvalue weighted by atomic mass is 9.93. The van der Waals surface area contributed by atoms with Gasteiger partial charge in [-0.1, -0.05) is 0 Å². The summed E-state index contributed by atoms with van der Waals surface area (Å²) in [4.78, 5) is 14.2. The van der Waals surface area contributed by atoms with E-state index >= 15 is 0 Å². The third-order valence-electron chi connectivity index (χ3n) is 4.34. The summed E-state index contributed by atoms with van der Waals surface area (Å²) in [6, 6.07) is 2.10. The Bertz CT molecular complexity index is 610. The molecule has 6 nitrogen and oxygen atoms in total. The molecule has 2 aromatic heterocycles. The summed E-state index contributed by atoms with van der Waals surface area (Å²) in [5.41, 5.74) is 0.637. The maximum Gasteiger partial charge on any atom is 0.257 e. The Balaban J connectivity index is 1.56. The predicted molar refractivity (Wildman–Crippen MR) is 81.4 cm³/mol. The molecule has 0 bridgehead atoms. The largest absolute Gasteiger partial charge is 0.472 e. The number of aromatic nitrogens is 3. The van der Waals surface area contributed by atoms with Crippen molar-refractivity contribution >= 4 is 5.91 Å². The smallest absolute Gasteiger partial charge is 0.257 e. The molecule has 1 aliphatic heterocycles. The molecule has 0 N–H and O–H groups in total. The number of amides is 1. The molecular formula is C16H22N4O2. The van der Waals surface area contributed by atoms with Crippen molar-refractivity contribution in [1.29, 1.82) is 0 Å². The number of furan rings is 1. The van der Waals surface area contributed by atoms with Crippen molar-refractivity contribution in [2.24, 2.45) is 5.92 Å². The molecule has 0 atom stereocenters. The zero-order valence-electron chi connectivity index (χ0n) is 13.1. The molecule has 22 heavy (non-hydrogen) atoms. The molecule has 0 aliphatic carbocycles. The number of piperidine rings is 1. The van der Waals surface area contributed by atoms with E-state index in [0.717, 1.165) is 38.2 Å². The Morgan fingerprint density at radius 3 is 2.82 bits per heavy atom. The van der Waals surface area contributed by atoms with Gasteiger partial charge in [-0.15, -0.1) is 10.2 Å². The van der Waals surface area contributed by atoms with Crippen molar-refractivity contribution in [2.45, 2.75) is 39.2 Å². The summed E-state index contributed by atoms with van der Waals surface area (Å²) in [5, 5.41) is 8.27. The number of rotatable bonds is 4. The molecule has 2 aromatic rings. The van der Waals surface area contributed by atoms with Crippen LogP contribution >= 0.6 is 0 Å². The van der Waals surface area contributed by atoms with E-state index in [0.29, 0.717) is 17.5 Å². The molecular weight excluding hydrogens is 280 g/mol. The van der Waals surface area contributed by atoms with E-state index in [1.165, 1.54) is 6.26 Å². The van der Waals surface area contributed by atoms with Gasteiger partial charge in [0, 0.05) is 25.6 Å². The summed E-state index contributed by atoms with van der Waals surface area (Å²) in [7, 11) is 0. The molecule has 3 heterocycles. The number of carbonyl (C=O) groups is 1. The second kappa shape index (κ2) is 6.34. The van der Waals surface area contributed by atoms with E-state index in [2.05, 4.69) is 28.6 Å². The maximum atomic E-state index is 12.3. The second-order valence-electron chi connectivity index (χ2n) is 6.20. The van der Waals surface area contributed by atoms with E-state index in [4.69, 9.17) is 4.42 Å². The maximum absolute atomic E-state index is 12.3. The Morgan fingerprint density at radius 1 is 1.41 bits per heavy atom. The van der Waals surface area contributed by atoms with Crippen LogP contribution in [0.3, 0.4) is 0 Å². The Labute approximate surface area is 130 Å². The number of hydrogen-bond acceptors (Lipinski definition) is 4. The third-order valence-corrected chi connectivity index (χ3v) is 4.34. The van der Waals surface area contributed by atoms with E-state index in [9.17, 15) is 4.79 Å². The highest BCUT2D eigenvalue weighted by molar-refractivity contribution is 5.93. The van der Waals surface area contributed by atoms with Gasteiger partial charge in [-0.2, -0.15) is 0 Å². The molecule has 6 heteroatoms. The number of hydrogen-bond donors (Lipinski definition) is 0. The molecule has 1 aliphatic rings. The van der Waals surface area contributed by atoms with E-state index in [-0.39, 0.29) is 5.91 Å². The van der Waals surface area contributed by atoms with Crippen LogP contribution in [0.15, 0.2) is 29.3 Å². The minimum absolute atomic E-state index is 0.0672. The first kappa shape index (κ1) is 14.8. The fourth-order valence-corrected chi connectivity index (χ4v) is 3.01. The molecule has 0 radical (unpaired) electrons. The van der Waals surface area contributed by atoms with Gasteiger partial charge in [0.15, 0.2) is 0 Å². The molecule has 1 saturated heterocycles. The molecule has 0 aromatic carbocycles. The summed E-state index contributed by atoms with van der Waals surface area (Å²) in [5.74, 6) is 1.68. The molecule has 1 fully saturated rings. The van der Waals surface area contributed by atoms with Crippen LogP contribution in [0.25, 0.3) is 0 Å². The fraction of sp³-hybridized carbons (Fsp3) is 0.562. The van der Waals surface area contributed by atoms with Crippen LogP contribution in [0.5, 0.6) is 0 Å². The standard InChI is InChI=1S/C16H22N4O2/c1-12(2)20-11-17-18-15(20)9-13-3-6-19(7-4-13)16(21)14-5-8-22-10-14/h5,8,10-13H,3-4,6-7,9H2,1-2H3. The van der Waals surface area contributed by atoms with Crippen LogP contribution in [-0.4, -0.2) is 38.7 Å². The minimum Gasteiger partial charge on any atom is -0.472 e.